The van der Waals surface area contributed by atoms with Crippen molar-refractivity contribution in [3.05, 3.63) is 58.1 Å². The van der Waals surface area contributed by atoms with E-state index in [1.54, 1.807) is 18.2 Å². The second kappa shape index (κ2) is 8.81. The van der Waals surface area contributed by atoms with E-state index in [1.165, 1.54) is 4.31 Å². The first kappa shape index (κ1) is 22.1. The average Bonchev–Trinajstić information content (AvgIpc) is 3.31. The highest BCUT2D eigenvalue weighted by Gasteiger charge is 2.29. The second-order valence-electron chi connectivity index (χ2n) is 8.30. The van der Waals surface area contributed by atoms with E-state index in [-0.39, 0.29) is 10.8 Å². The van der Waals surface area contributed by atoms with Crippen LogP contribution in [-0.2, 0) is 10.0 Å². The van der Waals surface area contributed by atoms with Gasteiger partial charge in [0.05, 0.1) is 4.90 Å². The first-order chi connectivity index (χ1) is 14.8. The molecule has 2 aliphatic heterocycles. The highest BCUT2D eigenvalue weighted by atomic mass is 35.5. The molecule has 0 radical (unpaired) electrons. The minimum absolute atomic E-state index is 0.113. The molecule has 0 atom stereocenters. The number of aryl methyl sites for hydroxylation is 2. The van der Waals surface area contributed by atoms with Gasteiger partial charge >= 0.3 is 0 Å². The van der Waals surface area contributed by atoms with Gasteiger partial charge in [0.2, 0.25) is 10.0 Å². The molecule has 1 amide bonds. The van der Waals surface area contributed by atoms with E-state index in [1.807, 2.05) is 30.0 Å². The first-order valence-electron chi connectivity index (χ1n) is 10.7. The van der Waals surface area contributed by atoms with Gasteiger partial charge < -0.3 is 9.80 Å². The molecule has 2 saturated heterocycles. The van der Waals surface area contributed by atoms with Gasteiger partial charge in [-0.15, -0.1) is 0 Å². The van der Waals surface area contributed by atoms with E-state index in [2.05, 4.69) is 11.8 Å². The van der Waals surface area contributed by atoms with Crippen LogP contribution in [0.4, 0.5) is 5.69 Å². The molecule has 166 valence electrons. The summed E-state index contributed by atoms with van der Waals surface area (Å²) >= 11 is 6.17. The normalized spacial score (nSPS) is 17.9. The predicted octanol–water partition coefficient (Wildman–Crippen LogP) is 3.70. The molecule has 0 saturated carbocycles. The third kappa shape index (κ3) is 4.45. The Morgan fingerprint density at radius 2 is 1.52 bits per heavy atom. The van der Waals surface area contributed by atoms with Crippen molar-refractivity contribution in [1.29, 1.82) is 0 Å². The standard InChI is InChI=1S/C23H28ClN3O3S/c1-17-6-8-20(31(29,30)27-9-3-4-10-27)16-21(17)23(28)26-13-11-25(12-14-26)22-15-19(24)7-5-18(22)2/h5-8,15-16H,3-4,9-14H2,1-2H3. The lowest BCUT2D eigenvalue weighted by Gasteiger charge is -2.37. The largest absolute Gasteiger partial charge is 0.368 e. The van der Waals surface area contributed by atoms with Crippen LogP contribution in [0.15, 0.2) is 41.3 Å². The fraction of sp³-hybridized carbons (Fsp3) is 0.435. The number of rotatable bonds is 4. The van der Waals surface area contributed by atoms with Crippen molar-refractivity contribution in [1.82, 2.24) is 9.21 Å². The van der Waals surface area contributed by atoms with Crippen molar-refractivity contribution < 1.29 is 13.2 Å². The van der Waals surface area contributed by atoms with Crippen LogP contribution in [0.25, 0.3) is 0 Å². The van der Waals surface area contributed by atoms with Crippen molar-refractivity contribution in [3.8, 4) is 0 Å². The van der Waals surface area contributed by atoms with Gasteiger partial charge in [-0.25, -0.2) is 8.42 Å². The fourth-order valence-corrected chi connectivity index (χ4v) is 6.02. The van der Waals surface area contributed by atoms with Gasteiger partial charge in [-0.1, -0.05) is 23.7 Å². The Kier molecular flexibility index (Phi) is 6.28. The summed E-state index contributed by atoms with van der Waals surface area (Å²) in [4.78, 5) is 17.5. The number of benzene rings is 2. The summed E-state index contributed by atoms with van der Waals surface area (Å²) in [5.74, 6) is -0.113. The predicted molar refractivity (Wildman–Crippen MR) is 123 cm³/mol. The summed E-state index contributed by atoms with van der Waals surface area (Å²) < 4.78 is 27.4. The zero-order valence-corrected chi connectivity index (χ0v) is 19.5. The van der Waals surface area contributed by atoms with Gasteiger partial charge in [-0.2, -0.15) is 4.31 Å². The minimum atomic E-state index is -3.55. The molecule has 4 rings (SSSR count). The highest BCUT2D eigenvalue weighted by molar-refractivity contribution is 7.89. The molecular weight excluding hydrogens is 434 g/mol. The Balaban J connectivity index is 1.51. The van der Waals surface area contributed by atoms with Gasteiger partial charge in [0.15, 0.2) is 0 Å². The molecule has 2 heterocycles. The van der Waals surface area contributed by atoms with Crippen LogP contribution >= 0.6 is 11.6 Å². The summed E-state index contributed by atoms with van der Waals surface area (Å²) in [6.45, 7) is 7.56. The monoisotopic (exact) mass is 461 g/mol. The van der Waals surface area contributed by atoms with Crippen molar-refractivity contribution in [3.63, 3.8) is 0 Å². The number of carbonyl (C=O) groups is 1. The topological polar surface area (TPSA) is 60.9 Å². The lowest BCUT2D eigenvalue weighted by molar-refractivity contribution is 0.0746. The van der Waals surface area contributed by atoms with Crippen LogP contribution in [-0.4, -0.2) is 62.8 Å². The Morgan fingerprint density at radius 3 is 2.19 bits per heavy atom. The van der Waals surface area contributed by atoms with Crippen LogP contribution in [0.2, 0.25) is 5.02 Å². The number of halogens is 1. The minimum Gasteiger partial charge on any atom is -0.368 e. The van der Waals surface area contributed by atoms with Crippen LogP contribution in [0.5, 0.6) is 0 Å². The Labute approximate surface area is 189 Å². The summed E-state index contributed by atoms with van der Waals surface area (Å²) in [5.41, 5.74) is 3.50. The van der Waals surface area contributed by atoms with Gasteiger partial charge in [0, 0.05) is 55.5 Å². The van der Waals surface area contributed by atoms with Crippen molar-refractivity contribution in [2.45, 2.75) is 31.6 Å². The maximum Gasteiger partial charge on any atom is 0.254 e. The molecule has 0 spiro atoms. The number of piperazine rings is 1. The molecule has 2 aromatic carbocycles. The lowest BCUT2D eigenvalue weighted by Crippen LogP contribution is -2.49. The van der Waals surface area contributed by atoms with Crippen LogP contribution in [0.1, 0.15) is 34.3 Å². The molecule has 0 unspecified atom stereocenters. The molecule has 2 fully saturated rings. The third-order valence-electron chi connectivity index (χ3n) is 6.22. The number of carbonyl (C=O) groups excluding carboxylic acids is 1. The van der Waals surface area contributed by atoms with Gasteiger partial charge in [0.1, 0.15) is 0 Å². The smallest absolute Gasteiger partial charge is 0.254 e. The van der Waals surface area contributed by atoms with E-state index in [9.17, 15) is 13.2 Å². The zero-order chi connectivity index (χ0) is 22.2. The van der Waals surface area contributed by atoms with E-state index < -0.39 is 10.0 Å². The number of nitrogens with zero attached hydrogens (tertiary/aromatic N) is 3. The fourth-order valence-electron chi connectivity index (χ4n) is 4.31. The molecule has 0 bridgehead atoms. The molecule has 31 heavy (non-hydrogen) atoms. The Morgan fingerprint density at radius 1 is 0.871 bits per heavy atom. The second-order valence-corrected chi connectivity index (χ2v) is 10.7. The van der Waals surface area contributed by atoms with E-state index in [0.717, 1.165) is 29.7 Å². The van der Waals surface area contributed by atoms with Gasteiger partial charge in [-0.3, -0.25) is 4.79 Å². The average molecular weight is 462 g/mol. The molecule has 2 aliphatic rings. The van der Waals surface area contributed by atoms with E-state index in [4.69, 9.17) is 11.6 Å². The molecule has 2 aromatic rings. The number of hydrogen-bond acceptors (Lipinski definition) is 4. The summed E-state index contributed by atoms with van der Waals surface area (Å²) in [6, 6.07) is 10.8. The highest BCUT2D eigenvalue weighted by Crippen LogP contribution is 2.27. The number of anilines is 1. The Bertz CT molecular complexity index is 1090. The third-order valence-corrected chi connectivity index (χ3v) is 8.35. The zero-order valence-electron chi connectivity index (χ0n) is 18.0. The van der Waals surface area contributed by atoms with Crippen molar-refractivity contribution in [2.24, 2.45) is 0 Å². The number of hydrogen-bond donors (Lipinski definition) is 0. The number of sulfonamides is 1. The number of amides is 1. The summed E-state index contributed by atoms with van der Waals surface area (Å²) in [6.07, 6.45) is 1.76. The van der Waals surface area contributed by atoms with Crippen molar-refractivity contribution >= 4 is 33.2 Å². The molecule has 0 N–H and O–H groups in total. The molecular formula is C23H28ClN3O3S. The Hall–Kier alpha value is -2.09. The molecule has 0 aliphatic carbocycles. The maximum absolute atomic E-state index is 13.3. The van der Waals surface area contributed by atoms with Crippen LogP contribution in [0, 0.1) is 13.8 Å². The van der Waals surface area contributed by atoms with Crippen molar-refractivity contribution in [2.75, 3.05) is 44.2 Å². The molecule has 8 heteroatoms. The molecule has 6 nitrogen and oxygen atoms in total. The quantitative estimate of drug-likeness (QED) is 0.696. The SMILES string of the molecule is Cc1ccc(S(=O)(=O)N2CCCC2)cc1C(=O)N1CCN(c2cc(Cl)ccc2C)CC1. The summed E-state index contributed by atoms with van der Waals surface area (Å²) in [7, 11) is -3.55. The molecule has 0 aromatic heterocycles. The van der Waals surface area contributed by atoms with Gasteiger partial charge in [0.25, 0.3) is 5.91 Å². The van der Waals surface area contributed by atoms with Crippen LogP contribution < -0.4 is 4.90 Å². The summed E-state index contributed by atoms with van der Waals surface area (Å²) in [5, 5.41) is 0.700. The first-order valence-corrected chi connectivity index (χ1v) is 12.5. The maximum atomic E-state index is 13.3. The van der Waals surface area contributed by atoms with E-state index in [0.29, 0.717) is 49.9 Å². The van der Waals surface area contributed by atoms with Crippen LogP contribution in [0.3, 0.4) is 0 Å². The lowest BCUT2D eigenvalue weighted by atomic mass is 10.1. The van der Waals surface area contributed by atoms with Gasteiger partial charge in [-0.05, 0) is 62.1 Å². The van der Waals surface area contributed by atoms with E-state index >= 15 is 0 Å².